The van der Waals surface area contributed by atoms with Crippen LogP contribution in [0, 0.1) is 0 Å². The molecule has 0 bridgehead atoms. The van der Waals surface area contributed by atoms with Crippen LogP contribution < -0.4 is 12.4 Å². The number of amides is 1. The van der Waals surface area contributed by atoms with Gasteiger partial charge in [0.25, 0.3) is 0 Å². The number of hydrogen-bond donors (Lipinski definition) is 0. The Bertz CT molecular complexity index is 177. The molecule has 0 fully saturated rings. The molecule has 0 radical (unpaired) electrons. The Labute approximate surface area is 87.6 Å². The molecule has 3 heteroatoms. The van der Waals surface area contributed by atoms with Crippen molar-refractivity contribution in [1.82, 2.24) is 0 Å². The minimum Gasteiger partial charge on any atom is -1.00 e. The summed E-state index contributed by atoms with van der Waals surface area (Å²) < 4.78 is 0.537. The SMILES string of the molecule is C=C(C)C(=O)[N+](CC)(CC)CC.[Cl-]. The van der Waals surface area contributed by atoms with Crippen molar-refractivity contribution < 1.29 is 21.7 Å². The van der Waals surface area contributed by atoms with E-state index in [9.17, 15) is 4.79 Å². The Hall–Kier alpha value is -0.340. The third-order valence-corrected chi connectivity index (χ3v) is 2.61. The second kappa shape index (κ2) is 6.17. The molecule has 0 N–H and O–H groups in total. The third-order valence-electron chi connectivity index (χ3n) is 2.61. The minimum atomic E-state index is 0. The van der Waals surface area contributed by atoms with E-state index in [1.807, 2.05) is 20.8 Å². The summed E-state index contributed by atoms with van der Waals surface area (Å²) in [5.41, 5.74) is 0.667. The van der Waals surface area contributed by atoms with Crippen molar-refractivity contribution in [1.29, 1.82) is 0 Å². The normalized spacial score (nSPS) is 10.5. The number of likely N-dealkylation sites (N-methyl/N-ethyl adjacent to an activating group) is 1. The van der Waals surface area contributed by atoms with Crippen molar-refractivity contribution in [2.45, 2.75) is 27.7 Å². The molecule has 0 aliphatic carbocycles. The molecule has 0 aromatic heterocycles. The van der Waals surface area contributed by atoms with E-state index in [-0.39, 0.29) is 18.3 Å². The van der Waals surface area contributed by atoms with Crippen LogP contribution in [0.4, 0.5) is 0 Å². The molecule has 0 heterocycles. The molecule has 0 saturated carbocycles. The molecule has 0 saturated heterocycles. The first-order valence-corrected chi connectivity index (χ1v) is 4.60. The van der Waals surface area contributed by atoms with Gasteiger partial charge in [-0.3, -0.25) is 4.48 Å². The van der Waals surface area contributed by atoms with E-state index in [2.05, 4.69) is 6.58 Å². The van der Waals surface area contributed by atoms with Gasteiger partial charge in [-0.05, 0) is 27.7 Å². The fourth-order valence-electron chi connectivity index (χ4n) is 1.51. The Morgan fingerprint density at radius 3 is 1.54 bits per heavy atom. The molecule has 0 aliphatic rings. The molecular weight excluding hydrogens is 186 g/mol. The molecule has 0 spiro atoms. The van der Waals surface area contributed by atoms with E-state index >= 15 is 0 Å². The lowest BCUT2D eigenvalue weighted by molar-refractivity contribution is -0.847. The largest absolute Gasteiger partial charge is 1.00 e. The highest BCUT2D eigenvalue weighted by molar-refractivity contribution is 5.86. The lowest BCUT2D eigenvalue weighted by atomic mass is 10.2. The van der Waals surface area contributed by atoms with Crippen LogP contribution >= 0.6 is 0 Å². The summed E-state index contributed by atoms with van der Waals surface area (Å²) in [5, 5.41) is 0. The van der Waals surface area contributed by atoms with Crippen LogP contribution in [0.15, 0.2) is 12.2 Å². The molecule has 78 valence electrons. The van der Waals surface area contributed by atoms with Gasteiger partial charge in [0.2, 0.25) is 0 Å². The van der Waals surface area contributed by atoms with Crippen molar-refractivity contribution >= 4 is 5.91 Å². The van der Waals surface area contributed by atoms with E-state index in [1.54, 1.807) is 6.92 Å². The number of nitrogens with zero attached hydrogens (tertiary/aromatic N) is 1. The van der Waals surface area contributed by atoms with Crippen LogP contribution in [0.1, 0.15) is 27.7 Å². The third kappa shape index (κ3) is 3.12. The lowest BCUT2D eigenvalue weighted by Crippen LogP contribution is -3.00. The fraction of sp³-hybridized carbons (Fsp3) is 0.700. The molecule has 2 nitrogen and oxygen atoms in total. The number of rotatable bonds is 4. The molecule has 0 aliphatic heterocycles. The number of halogens is 1. The first-order chi connectivity index (χ1) is 5.54. The summed E-state index contributed by atoms with van der Waals surface area (Å²) >= 11 is 0. The molecule has 0 aromatic rings. The molecule has 0 unspecified atom stereocenters. The summed E-state index contributed by atoms with van der Waals surface area (Å²) in [6, 6.07) is 0. The average molecular weight is 206 g/mol. The smallest absolute Gasteiger partial charge is 0.340 e. The Morgan fingerprint density at radius 1 is 1.15 bits per heavy atom. The second-order valence-electron chi connectivity index (χ2n) is 3.18. The van der Waals surface area contributed by atoms with Gasteiger partial charge in [-0.25, -0.2) is 4.79 Å². The topological polar surface area (TPSA) is 17.1 Å². The predicted molar refractivity (Wildman–Crippen MR) is 51.7 cm³/mol. The van der Waals surface area contributed by atoms with Gasteiger partial charge >= 0.3 is 5.91 Å². The van der Waals surface area contributed by atoms with Gasteiger partial charge in [0, 0.05) is 5.57 Å². The molecule has 13 heavy (non-hydrogen) atoms. The first kappa shape index (κ1) is 15.1. The van der Waals surface area contributed by atoms with Crippen molar-refractivity contribution in [2.75, 3.05) is 19.6 Å². The summed E-state index contributed by atoms with van der Waals surface area (Å²) in [7, 11) is 0. The van der Waals surface area contributed by atoms with Crippen LogP contribution in [-0.2, 0) is 4.79 Å². The zero-order chi connectivity index (χ0) is 9.78. The van der Waals surface area contributed by atoms with Crippen molar-refractivity contribution in [3.63, 3.8) is 0 Å². The van der Waals surface area contributed by atoms with Gasteiger partial charge in [0.1, 0.15) is 0 Å². The molecule has 0 aromatic carbocycles. The van der Waals surface area contributed by atoms with Crippen molar-refractivity contribution in [3.8, 4) is 0 Å². The molecule has 0 rings (SSSR count). The van der Waals surface area contributed by atoms with Gasteiger partial charge in [0.05, 0.1) is 19.6 Å². The Kier molecular flexibility index (Phi) is 7.18. The fourth-order valence-corrected chi connectivity index (χ4v) is 1.51. The average Bonchev–Trinajstić information content (AvgIpc) is 2.08. The highest BCUT2D eigenvalue weighted by Crippen LogP contribution is 2.11. The summed E-state index contributed by atoms with van der Waals surface area (Å²) in [6.07, 6.45) is 0. The standard InChI is InChI=1S/C10H20NO.ClH/c1-6-11(7-2,8-3)10(12)9(4)5;/h4,6-8H2,1-3,5H3;1H/q+1;/p-1. The lowest BCUT2D eigenvalue weighted by Gasteiger charge is -2.32. The number of carbonyl (C=O) groups excluding carboxylic acids is 1. The molecular formula is C10H20ClNO. The van der Waals surface area contributed by atoms with E-state index in [1.165, 1.54) is 0 Å². The zero-order valence-electron chi connectivity index (χ0n) is 9.06. The monoisotopic (exact) mass is 205 g/mol. The summed E-state index contributed by atoms with van der Waals surface area (Å²) in [6.45, 7) is 14.2. The predicted octanol–water partition coefficient (Wildman–Crippen LogP) is -1.03. The quantitative estimate of drug-likeness (QED) is 0.424. The van der Waals surface area contributed by atoms with Gasteiger partial charge in [-0.1, -0.05) is 6.58 Å². The summed E-state index contributed by atoms with van der Waals surface area (Å²) in [4.78, 5) is 11.7. The van der Waals surface area contributed by atoms with Gasteiger partial charge in [-0.15, -0.1) is 0 Å². The summed E-state index contributed by atoms with van der Waals surface area (Å²) in [5.74, 6) is 0.183. The van der Waals surface area contributed by atoms with Crippen LogP contribution in [0.5, 0.6) is 0 Å². The Balaban J connectivity index is 0. The number of hydrogen-bond acceptors (Lipinski definition) is 1. The number of quaternary nitrogens is 1. The van der Waals surface area contributed by atoms with Crippen LogP contribution in [0.3, 0.4) is 0 Å². The van der Waals surface area contributed by atoms with Gasteiger partial charge < -0.3 is 12.4 Å². The highest BCUT2D eigenvalue weighted by atomic mass is 35.5. The number of carbonyl (C=O) groups is 1. The maximum absolute atomic E-state index is 11.7. The Morgan fingerprint density at radius 2 is 1.46 bits per heavy atom. The molecule has 1 amide bonds. The van der Waals surface area contributed by atoms with Crippen LogP contribution in [0.25, 0.3) is 0 Å². The van der Waals surface area contributed by atoms with Crippen molar-refractivity contribution in [3.05, 3.63) is 12.2 Å². The minimum absolute atomic E-state index is 0. The maximum Gasteiger partial charge on any atom is 0.340 e. The van der Waals surface area contributed by atoms with Crippen LogP contribution in [0.2, 0.25) is 0 Å². The maximum atomic E-state index is 11.7. The van der Waals surface area contributed by atoms with Crippen LogP contribution in [-0.4, -0.2) is 30.0 Å². The highest BCUT2D eigenvalue weighted by Gasteiger charge is 2.31. The van der Waals surface area contributed by atoms with E-state index in [0.29, 0.717) is 10.1 Å². The van der Waals surface area contributed by atoms with Gasteiger partial charge in [0.15, 0.2) is 0 Å². The van der Waals surface area contributed by atoms with Crippen molar-refractivity contribution in [2.24, 2.45) is 0 Å². The van der Waals surface area contributed by atoms with Gasteiger partial charge in [-0.2, -0.15) is 0 Å². The van der Waals surface area contributed by atoms with E-state index in [4.69, 9.17) is 0 Å². The first-order valence-electron chi connectivity index (χ1n) is 4.60. The molecule has 0 atom stereocenters. The van der Waals surface area contributed by atoms with E-state index < -0.39 is 0 Å². The second-order valence-corrected chi connectivity index (χ2v) is 3.18. The van der Waals surface area contributed by atoms with E-state index in [0.717, 1.165) is 19.6 Å². The zero-order valence-corrected chi connectivity index (χ0v) is 9.82.